The molecule has 4 aromatic rings. The molecule has 0 aliphatic carbocycles. The van der Waals surface area contributed by atoms with Crippen LogP contribution in [0.4, 0.5) is 0 Å². The predicted octanol–water partition coefficient (Wildman–Crippen LogP) is 5.73. The number of hydrogen-bond donors (Lipinski definition) is 4. The molecule has 0 saturated carbocycles. The normalized spacial score (nSPS) is 13.8. The average Bonchev–Trinajstić information content (AvgIpc) is 3.43. The van der Waals surface area contributed by atoms with Crippen LogP contribution in [0.15, 0.2) is 59.4 Å². The molecule has 1 fully saturated rings. The molecular weight excluding hydrogens is 604 g/mol. The third kappa shape index (κ3) is 9.65. The van der Waals surface area contributed by atoms with Crippen molar-refractivity contribution < 1.29 is 14.3 Å². The number of likely N-dealkylation sites (tertiary alicyclic amines) is 1. The molecule has 4 N–H and O–H groups in total. The quantitative estimate of drug-likeness (QED) is 0.0903. The van der Waals surface area contributed by atoms with Crippen molar-refractivity contribution in [2.45, 2.75) is 58.0 Å². The molecule has 0 unspecified atom stereocenters. The molecule has 0 radical (unpaired) electrons. The van der Waals surface area contributed by atoms with E-state index < -0.39 is 0 Å². The van der Waals surface area contributed by atoms with Crippen molar-refractivity contribution in [3.63, 3.8) is 0 Å². The number of H-pyrrole nitrogens is 2. The second-order valence-electron chi connectivity index (χ2n) is 12.3. The van der Waals surface area contributed by atoms with Gasteiger partial charge in [0.15, 0.2) is 5.65 Å². The molecule has 11 heteroatoms. The molecule has 5 rings (SSSR count). The van der Waals surface area contributed by atoms with E-state index in [1.54, 1.807) is 6.07 Å². The van der Waals surface area contributed by atoms with Gasteiger partial charge in [-0.25, -0.2) is 9.78 Å². The van der Waals surface area contributed by atoms with Crippen LogP contribution < -0.4 is 21.1 Å². The number of carbonyl (C=O) groups excluding carboxylic acids is 1. The minimum Gasteiger partial charge on any atom is -0.492 e. The lowest BCUT2D eigenvalue weighted by Crippen LogP contribution is -2.37. The third-order valence-electron chi connectivity index (χ3n) is 8.24. The van der Waals surface area contributed by atoms with E-state index in [0.717, 1.165) is 74.3 Å². The maximum Gasteiger partial charge on any atom is 0.325 e. The summed E-state index contributed by atoms with van der Waals surface area (Å²) in [6.45, 7) is 9.47. The van der Waals surface area contributed by atoms with Crippen LogP contribution in [-0.4, -0.2) is 77.4 Å². The van der Waals surface area contributed by atoms with E-state index in [2.05, 4.69) is 39.4 Å². The van der Waals surface area contributed by atoms with Gasteiger partial charge in [-0.2, -0.15) is 0 Å². The van der Waals surface area contributed by atoms with Crippen LogP contribution in [0.2, 0.25) is 5.02 Å². The number of nitrogens with zero attached hydrogens (tertiary/aromatic N) is 2. The lowest BCUT2D eigenvalue weighted by atomic mass is 10.0. The van der Waals surface area contributed by atoms with Gasteiger partial charge in [0, 0.05) is 44.9 Å². The standard InChI is InChI=1S/C35H45ClN6O4/c1-35(2,16-15-31(43)42-19-4-3-5-20-42)46-21-6-17-37-24-38-18-22-45-28-13-11-26(12-14-28)25-7-9-27(10-8-25)32-29(36)23-30-33(40-32)41-34(44)39-30/h7-14,23,37-38H,3-6,15-22,24H2,1-2H3,(H2,39,40,41,44). The summed E-state index contributed by atoms with van der Waals surface area (Å²) in [7, 11) is 0. The summed E-state index contributed by atoms with van der Waals surface area (Å²) in [5.74, 6) is 1.08. The monoisotopic (exact) mass is 648 g/mol. The molecule has 0 spiro atoms. The van der Waals surface area contributed by atoms with E-state index in [1.807, 2.05) is 53.4 Å². The molecule has 1 amide bonds. The first-order valence-electron chi connectivity index (χ1n) is 16.2. The SMILES string of the molecule is CC(C)(CCC(=O)N1CCCCC1)OCCCNCNCCOc1ccc(-c2ccc(-c3nc4[nH]c(=O)[nH]c4cc3Cl)cc2)cc1. The predicted molar refractivity (Wildman–Crippen MR) is 183 cm³/mol. The number of hydrogen-bond acceptors (Lipinski definition) is 7. The van der Waals surface area contributed by atoms with Crippen LogP contribution in [0.5, 0.6) is 5.75 Å². The van der Waals surface area contributed by atoms with E-state index in [-0.39, 0.29) is 17.2 Å². The maximum absolute atomic E-state index is 12.4. The molecule has 2 aromatic heterocycles. The smallest absolute Gasteiger partial charge is 0.325 e. The number of halogens is 1. The van der Waals surface area contributed by atoms with Crippen molar-refractivity contribution in [2.75, 3.05) is 46.1 Å². The largest absolute Gasteiger partial charge is 0.492 e. The molecule has 1 aliphatic heterocycles. The van der Waals surface area contributed by atoms with Gasteiger partial charge in [0.05, 0.1) is 21.8 Å². The zero-order valence-electron chi connectivity index (χ0n) is 26.8. The maximum atomic E-state index is 12.4. The van der Waals surface area contributed by atoms with Gasteiger partial charge in [-0.15, -0.1) is 0 Å². The number of rotatable bonds is 16. The first kappa shape index (κ1) is 33.7. The van der Waals surface area contributed by atoms with Gasteiger partial charge < -0.3 is 30.0 Å². The number of imidazole rings is 1. The van der Waals surface area contributed by atoms with Crippen LogP contribution in [-0.2, 0) is 9.53 Å². The molecule has 46 heavy (non-hydrogen) atoms. The number of benzene rings is 2. The summed E-state index contributed by atoms with van der Waals surface area (Å²) in [5, 5.41) is 7.20. The van der Waals surface area contributed by atoms with Gasteiger partial charge in [0.1, 0.15) is 12.4 Å². The fourth-order valence-corrected chi connectivity index (χ4v) is 5.80. The fraction of sp³-hybridized carbons (Fsp3) is 0.457. The molecule has 1 aliphatic rings. The Hall–Kier alpha value is -3.70. The highest BCUT2D eigenvalue weighted by atomic mass is 35.5. The van der Waals surface area contributed by atoms with Crippen molar-refractivity contribution in [1.29, 1.82) is 0 Å². The zero-order valence-corrected chi connectivity index (χ0v) is 27.5. The van der Waals surface area contributed by atoms with Crippen LogP contribution >= 0.6 is 11.6 Å². The minimum atomic E-state index is -0.311. The highest BCUT2D eigenvalue weighted by Gasteiger charge is 2.23. The number of amides is 1. The zero-order chi connectivity index (χ0) is 32.4. The Morgan fingerprint density at radius 2 is 1.61 bits per heavy atom. The van der Waals surface area contributed by atoms with Crippen molar-refractivity contribution in [2.24, 2.45) is 0 Å². The number of ether oxygens (including phenoxy) is 2. The van der Waals surface area contributed by atoms with E-state index in [4.69, 9.17) is 21.1 Å². The van der Waals surface area contributed by atoms with Crippen LogP contribution in [0, 0.1) is 0 Å². The number of carbonyl (C=O) groups is 1. The molecule has 246 valence electrons. The minimum absolute atomic E-state index is 0.265. The van der Waals surface area contributed by atoms with Crippen LogP contribution in [0.3, 0.4) is 0 Å². The van der Waals surface area contributed by atoms with Crippen molar-refractivity contribution >= 4 is 28.7 Å². The third-order valence-corrected chi connectivity index (χ3v) is 8.53. The molecule has 2 aromatic carbocycles. The summed E-state index contributed by atoms with van der Waals surface area (Å²) in [6, 6.07) is 17.7. The van der Waals surface area contributed by atoms with Crippen molar-refractivity contribution in [1.82, 2.24) is 30.5 Å². The Balaban J connectivity index is 0.934. The van der Waals surface area contributed by atoms with E-state index >= 15 is 0 Å². The van der Waals surface area contributed by atoms with Gasteiger partial charge in [0.25, 0.3) is 0 Å². The highest BCUT2D eigenvalue weighted by molar-refractivity contribution is 6.33. The summed E-state index contributed by atoms with van der Waals surface area (Å²) in [6.07, 6.45) is 5.71. The van der Waals surface area contributed by atoms with Crippen molar-refractivity contribution in [3.8, 4) is 28.1 Å². The Labute approximate surface area is 275 Å². The van der Waals surface area contributed by atoms with Crippen LogP contribution in [0.25, 0.3) is 33.5 Å². The number of pyridine rings is 1. The molecule has 0 atom stereocenters. The molecule has 0 bridgehead atoms. The Bertz CT molecular complexity index is 1610. The first-order valence-corrected chi connectivity index (χ1v) is 16.6. The molecular formula is C35H45ClN6O4. The fourth-order valence-electron chi connectivity index (χ4n) is 5.54. The Morgan fingerprint density at radius 1 is 0.935 bits per heavy atom. The van der Waals surface area contributed by atoms with Gasteiger partial charge in [-0.3, -0.25) is 9.78 Å². The van der Waals surface area contributed by atoms with Gasteiger partial charge in [-0.1, -0.05) is 48.0 Å². The summed E-state index contributed by atoms with van der Waals surface area (Å²) < 4.78 is 12.0. The molecule has 10 nitrogen and oxygen atoms in total. The Morgan fingerprint density at radius 3 is 2.35 bits per heavy atom. The van der Waals surface area contributed by atoms with E-state index in [0.29, 0.717) is 48.2 Å². The topological polar surface area (TPSA) is 124 Å². The van der Waals surface area contributed by atoms with E-state index in [1.165, 1.54) is 6.42 Å². The number of aromatic amines is 2. The number of aromatic nitrogens is 3. The summed E-state index contributed by atoms with van der Waals surface area (Å²) in [4.78, 5) is 35.9. The highest BCUT2D eigenvalue weighted by Crippen LogP contribution is 2.30. The Kier molecular flexibility index (Phi) is 11.9. The number of fused-ring (bicyclic) bond motifs is 1. The van der Waals surface area contributed by atoms with Gasteiger partial charge >= 0.3 is 5.69 Å². The van der Waals surface area contributed by atoms with Gasteiger partial charge in [-0.05, 0) is 81.8 Å². The second kappa shape index (κ2) is 16.2. The summed E-state index contributed by atoms with van der Waals surface area (Å²) >= 11 is 6.43. The van der Waals surface area contributed by atoms with Gasteiger partial charge in [0.2, 0.25) is 5.91 Å². The summed E-state index contributed by atoms with van der Waals surface area (Å²) in [5.41, 5.74) is 4.07. The number of piperidine rings is 1. The van der Waals surface area contributed by atoms with E-state index in [9.17, 15) is 9.59 Å². The van der Waals surface area contributed by atoms with Crippen LogP contribution in [0.1, 0.15) is 52.4 Å². The van der Waals surface area contributed by atoms with Crippen molar-refractivity contribution in [3.05, 3.63) is 70.1 Å². The lowest BCUT2D eigenvalue weighted by Gasteiger charge is -2.29. The average molecular weight is 649 g/mol. The molecule has 1 saturated heterocycles. The number of nitrogens with one attached hydrogen (secondary N) is 4. The molecule has 3 heterocycles. The first-order chi connectivity index (χ1) is 22.3. The lowest BCUT2D eigenvalue weighted by molar-refractivity contribution is -0.133. The second-order valence-corrected chi connectivity index (χ2v) is 12.7.